The van der Waals surface area contributed by atoms with Gasteiger partial charge in [0, 0.05) is 12.6 Å². The second-order valence-electron chi connectivity index (χ2n) is 1.53. The van der Waals surface area contributed by atoms with Crippen molar-refractivity contribution >= 4 is 5.97 Å². The average molecular weight is 141 g/mol. The van der Waals surface area contributed by atoms with Crippen LogP contribution in [0, 0.1) is 0 Å². The van der Waals surface area contributed by atoms with Crippen molar-refractivity contribution in [3.05, 3.63) is 25.4 Å². The second-order valence-corrected chi connectivity index (χ2v) is 1.53. The summed E-state index contributed by atoms with van der Waals surface area (Å²) < 4.78 is 4.63. The predicted molar refractivity (Wildman–Crippen MR) is 39.4 cm³/mol. The van der Waals surface area contributed by atoms with Gasteiger partial charge in [0.2, 0.25) is 0 Å². The summed E-state index contributed by atoms with van der Waals surface area (Å²) in [6.07, 6.45) is 2.68. The minimum Gasteiger partial charge on any atom is -0.461 e. The molecule has 0 saturated carbocycles. The van der Waals surface area contributed by atoms with E-state index in [4.69, 9.17) is 0 Å². The third kappa shape index (κ3) is 4.90. The lowest BCUT2D eigenvalue weighted by atomic mass is 10.6. The summed E-state index contributed by atoms with van der Waals surface area (Å²) in [4.78, 5) is 10.4. The van der Waals surface area contributed by atoms with Crippen molar-refractivity contribution in [2.45, 2.75) is 0 Å². The van der Waals surface area contributed by atoms with Gasteiger partial charge in [-0.1, -0.05) is 13.2 Å². The summed E-state index contributed by atoms with van der Waals surface area (Å²) in [6, 6.07) is 0. The van der Waals surface area contributed by atoms with E-state index in [0.29, 0.717) is 13.2 Å². The highest BCUT2D eigenvalue weighted by Crippen LogP contribution is 1.76. The van der Waals surface area contributed by atoms with Crippen molar-refractivity contribution < 1.29 is 9.53 Å². The van der Waals surface area contributed by atoms with Crippen molar-refractivity contribution in [3.8, 4) is 0 Å². The molecule has 0 unspecified atom stereocenters. The van der Waals surface area contributed by atoms with E-state index in [9.17, 15) is 4.79 Å². The van der Waals surface area contributed by atoms with Crippen LogP contribution in [0.1, 0.15) is 0 Å². The van der Waals surface area contributed by atoms with Gasteiger partial charge >= 0.3 is 5.97 Å². The summed E-state index contributed by atoms with van der Waals surface area (Å²) in [7, 11) is 0. The van der Waals surface area contributed by atoms with Crippen LogP contribution < -0.4 is 5.32 Å². The SMILES string of the molecule is C=CNCCOC(=O)C=C. The molecule has 0 aliphatic heterocycles. The van der Waals surface area contributed by atoms with Crippen molar-refractivity contribution in [1.82, 2.24) is 5.32 Å². The van der Waals surface area contributed by atoms with Crippen LogP contribution in [0.3, 0.4) is 0 Å². The lowest BCUT2D eigenvalue weighted by Gasteiger charge is -1.99. The molecule has 0 saturated heterocycles. The molecule has 0 rings (SSSR count). The van der Waals surface area contributed by atoms with Crippen molar-refractivity contribution in [2.75, 3.05) is 13.2 Å². The molecule has 0 aliphatic carbocycles. The van der Waals surface area contributed by atoms with Gasteiger partial charge in [-0.25, -0.2) is 4.79 Å². The average Bonchev–Trinajstić information content (AvgIpc) is 1.98. The standard InChI is InChI=1S/C7H11NO2/c1-3-7(9)10-6-5-8-4-2/h3-4,8H,1-2,5-6H2. The summed E-state index contributed by atoms with van der Waals surface area (Å²) in [5.74, 6) is -0.397. The number of nitrogens with one attached hydrogen (secondary N) is 1. The molecular formula is C7H11NO2. The molecule has 3 nitrogen and oxygen atoms in total. The van der Waals surface area contributed by atoms with Crippen LogP contribution in [0.4, 0.5) is 0 Å². The minimum atomic E-state index is -0.397. The zero-order valence-electron chi connectivity index (χ0n) is 5.80. The third-order valence-electron chi connectivity index (χ3n) is 0.802. The molecule has 0 aliphatic rings. The first-order chi connectivity index (χ1) is 4.81. The van der Waals surface area contributed by atoms with E-state index in [1.54, 1.807) is 6.20 Å². The molecule has 1 N–H and O–H groups in total. The number of hydrogen-bond acceptors (Lipinski definition) is 3. The third-order valence-corrected chi connectivity index (χ3v) is 0.802. The van der Waals surface area contributed by atoms with Gasteiger partial charge in [-0.05, 0) is 6.20 Å². The van der Waals surface area contributed by atoms with Crippen LogP contribution >= 0.6 is 0 Å². The van der Waals surface area contributed by atoms with Crippen LogP contribution in [0.5, 0.6) is 0 Å². The van der Waals surface area contributed by atoms with Gasteiger partial charge in [-0.15, -0.1) is 0 Å². The quantitative estimate of drug-likeness (QED) is 0.343. The minimum absolute atomic E-state index is 0.344. The van der Waals surface area contributed by atoms with Crippen LogP contribution in [0.15, 0.2) is 25.4 Å². The fourth-order valence-electron chi connectivity index (χ4n) is 0.372. The number of ether oxygens (including phenoxy) is 1. The maximum atomic E-state index is 10.4. The Bertz CT molecular complexity index is 132. The fourth-order valence-corrected chi connectivity index (χ4v) is 0.372. The Morgan fingerprint density at radius 3 is 2.80 bits per heavy atom. The first-order valence-corrected chi connectivity index (χ1v) is 2.94. The van der Waals surface area contributed by atoms with Crippen LogP contribution in [-0.2, 0) is 9.53 Å². The van der Waals surface area contributed by atoms with E-state index in [0.717, 1.165) is 6.08 Å². The van der Waals surface area contributed by atoms with Crippen LogP contribution in [-0.4, -0.2) is 19.1 Å². The highest BCUT2D eigenvalue weighted by atomic mass is 16.5. The topological polar surface area (TPSA) is 38.3 Å². The fraction of sp³-hybridized carbons (Fsp3) is 0.286. The van der Waals surface area contributed by atoms with Gasteiger partial charge in [0.15, 0.2) is 0 Å². The highest BCUT2D eigenvalue weighted by Gasteiger charge is 1.91. The van der Waals surface area contributed by atoms with E-state index in [1.165, 1.54) is 0 Å². The van der Waals surface area contributed by atoms with Crippen molar-refractivity contribution in [3.63, 3.8) is 0 Å². The van der Waals surface area contributed by atoms with Crippen LogP contribution in [0.2, 0.25) is 0 Å². The smallest absolute Gasteiger partial charge is 0.330 e. The molecule has 0 aromatic carbocycles. The van der Waals surface area contributed by atoms with Gasteiger partial charge in [0.25, 0.3) is 0 Å². The molecule has 0 heterocycles. The summed E-state index contributed by atoms with van der Waals surface area (Å²) in [5, 5.41) is 2.78. The molecule has 0 spiro atoms. The molecule has 10 heavy (non-hydrogen) atoms. The molecule has 3 heteroatoms. The Hall–Kier alpha value is -1.25. The van der Waals surface area contributed by atoms with Gasteiger partial charge in [0.1, 0.15) is 6.61 Å². The number of rotatable bonds is 5. The largest absolute Gasteiger partial charge is 0.461 e. The van der Waals surface area contributed by atoms with Crippen LogP contribution in [0.25, 0.3) is 0 Å². The number of carbonyl (C=O) groups excluding carboxylic acids is 1. The first-order valence-electron chi connectivity index (χ1n) is 2.94. The molecule has 0 fully saturated rings. The Labute approximate surface area is 60.4 Å². The summed E-state index contributed by atoms with van der Waals surface area (Å²) in [6.45, 7) is 7.60. The molecule has 0 aromatic rings. The maximum absolute atomic E-state index is 10.4. The Morgan fingerprint density at radius 2 is 2.30 bits per heavy atom. The van der Waals surface area contributed by atoms with E-state index >= 15 is 0 Å². The number of esters is 1. The lowest BCUT2D eigenvalue weighted by Crippen LogP contribution is -2.15. The van der Waals surface area contributed by atoms with Crippen molar-refractivity contribution in [2.24, 2.45) is 0 Å². The van der Waals surface area contributed by atoms with E-state index < -0.39 is 5.97 Å². The van der Waals surface area contributed by atoms with E-state index in [2.05, 4.69) is 23.2 Å². The summed E-state index contributed by atoms with van der Waals surface area (Å²) >= 11 is 0. The van der Waals surface area contributed by atoms with E-state index in [1.807, 2.05) is 0 Å². The molecule has 0 bridgehead atoms. The van der Waals surface area contributed by atoms with Gasteiger partial charge in [-0.3, -0.25) is 0 Å². The summed E-state index contributed by atoms with van der Waals surface area (Å²) in [5.41, 5.74) is 0. The Morgan fingerprint density at radius 1 is 1.60 bits per heavy atom. The van der Waals surface area contributed by atoms with E-state index in [-0.39, 0.29) is 0 Å². The zero-order chi connectivity index (χ0) is 7.82. The maximum Gasteiger partial charge on any atom is 0.330 e. The van der Waals surface area contributed by atoms with Gasteiger partial charge in [-0.2, -0.15) is 0 Å². The normalized spacial score (nSPS) is 8.00. The van der Waals surface area contributed by atoms with Crippen molar-refractivity contribution in [1.29, 1.82) is 0 Å². The first kappa shape index (κ1) is 8.75. The second kappa shape index (κ2) is 5.88. The zero-order valence-corrected chi connectivity index (χ0v) is 5.80. The monoisotopic (exact) mass is 141 g/mol. The number of carbonyl (C=O) groups is 1. The molecule has 56 valence electrons. The van der Waals surface area contributed by atoms with Gasteiger partial charge in [0.05, 0.1) is 0 Å². The van der Waals surface area contributed by atoms with Gasteiger partial charge < -0.3 is 10.1 Å². The lowest BCUT2D eigenvalue weighted by molar-refractivity contribution is -0.137. The molecule has 0 radical (unpaired) electrons. The molecule has 0 aromatic heterocycles. The molecule has 0 atom stereocenters. The molecular weight excluding hydrogens is 130 g/mol. The molecule has 0 amide bonds. The highest BCUT2D eigenvalue weighted by molar-refractivity contribution is 5.81. The number of hydrogen-bond donors (Lipinski definition) is 1. The predicted octanol–water partition coefficient (Wildman–Crippen LogP) is 0.449. The Kier molecular flexibility index (Phi) is 5.14. The Balaban J connectivity index is 3.11.